The zero-order chi connectivity index (χ0) is 20.5. The monoisotopic (exact) mass is 410 g/mol. The van der Waals surface area contributed by atoms with Gasteiger partial charge in [-0.15, -0.1) is 0 Å². The van der Waals surface area contributed by atoms with Crippen LogP contribution in [0.2, 0.25) is 0 Å². The maximum absolute atomic E-state index is 13.6. The second kappa shape index (κ2) is 8.46. The van der Waals surface area contributed by atoms with Gasteiger partial charge in [0.05, 0.1) is 31.9 Å². The molecular formula is C24H27FN2O3. The first-order valence-electron chi connectivity index (χ1n) is 10.8. The van der Waals surface area contributed by atoms with Crippen LogP contribution >= 0.6 is 0 Å². The highest BCUT2D eigenvalue weighted by molar-refractivity contribution is 5.82. The summed E-state index contributed by atoms with van der Waals surface area (Å²) in [4.78, 5) is 18.0. The number of fused-ring (bicyclic) bond motifs is 2. The third-order valence-corrected chi connectivity index (χ3v) is 6.55. The summed E-state index contributed by atoms with van der Waals surface area (Å²) in [6.07, 6.45) is 1.04. The maximum Gasteiger partial charge on any atom is 0.252 e. The third-order valence-electron chi connectivity index (χ3n) is 6.55. The van der Waals surface area contributed by atoms with Crippen molar-refractivity contribution in [1.29, 1.82) is 0 Å². The zero-order valence-corrected chi connectivity index (χ0v) is 17.0. The van der Waals surface area contributed by atoms with E-state index in [1.807, 2.05) is 17.0 Å². The highest BCUT2D eigenvalue weighted by Crippen LogP contribution is 2.36. The molecule has 5 nitrogen and oxygen atoms in total. The van der Waals surface area contributed by atoms with Crippen LogP contribution in [0.5, 0.6) is 0 Å². The second-order valence-corrected chi connectivity index (χ2v) is 8.31. The van der Waals surface area contributed by atoms with E-state index >= 15 is 0 Å². The van der Waals surface area contributed by atoms with E-state index in [9.17, 15) is 9.18 Å². The van der Waals surface area contributed by atoms with Gasteiger partial charge in [-0.05, 0) is 41.7 Å². The molecule has 1 amide bonds. The molecule has 5 rings (SSSR count). The lowest BCUT2D eigenvalue weighted by Crippen LogP contribution is -2.46. The molecule has 6 heteroatoms. The van der Waals surface area contributed by atoms with Gasteiger partial charge >= 0.3 is 0 Å². The molecule has 2 aromatic carbocycles. The lowest BCUT2D eigenvalue weighted by Gasteiger charge is -2.39. The zero-order valence-electron chi connectivity index (χ0n) is 17.0. The Hall–Kier alpha value is -2.28. The molecule has 3 aliphatic rings. The van der Waals surface area contributed by atoms with Crippen LogP contribution in [0.3, 0.4) is 0 Å². The van der Waals surface area contributed by atoms with Gasteiger partial charge < -0.3 is 14.4 Å². The molecule has 0 aliphatic carbocycles. The Labute approximate surface area is 176 Å². The van der Waals surface area contributed by atoms with Gasteiger partial charge in [0.2, 0.25) is 0 Å². The molecule has 0 unspecified atom stereocenters. The fourth-order valence-corrected chi connectivity index (χ4v) is 4.92. The number of benzene rings is 2. The van der Waals surface area contributed by atoms with E-state index in [-0.39, 0.29) is 23.8 Å². The SMILES string of the molecule is O=C([C@H]1CCN2CCOC[C@H]2CO1)N1CCc2ccccc2[C@@H]1c1ccc(F)cc1. The highest BCUT2D eigenvalue weighted by Gasteiger charge is 2.38. The van der Waals surface area contributed by atoms with Gasteiger partial charge in [-0.1, -0.05) is 36.4 Å². The number of morpholine rings is 1. The number of hydrogen-bond donors (Lipinski definition) is 0. The summed E-state index contributed by atoms with van der Waals surface area (Å²) in [6.45, 7) is 4.29. The molecule has 2 fully saturated rings. The van der Waals surface area contributed by atoms with Gasteiger partial charge in [0.25, 0.3) is 5.91 Å². The summed E-state index contributed by atoms with van der Waals surface area (Å²) < 4.78 is 25.3. The smallest absolute Gasteiger partial charge is 0.252 e. The predicted octanol–water partition coefficient (Wildman–Crippen LogP) is 2.79. The molecule has 0 radical (unpaired) electrons. The molecule has 0 spiro atoms. The van der Waals surface area contributed by atoms with Gasteiger partial charge in [-0.3, -0.25) is 9.69 Å². The van der Waals surface area contributed by atoms with E-state index < -0.39 is 6.10 Å². The molecule has 0 saturated carbocycles. The minimum Gasteiger partial charge on any atom is -0.378 e. The van der Waals surface area contributed by atoms with E-state index in [1.165, 1.54) is 17.7 Å². The van der Waals surface area contributed by atoms with Crippen molar-refractivity contribution in [3.63, 3.8) is 0 Å². The van der Waals surface area contributed by atoms with Crippen molar-refractivity contribution in [2.75, 3.05) is 39.5 Å². The fourth-order valence-electron chi connectivity index (χ4n) is 4.92. The quantitative estimate of drug-likeness (QED) is 0.764. The van der Waals surface area contributed by atoms with E-state index in [4.69, 9.17) is 9.47 Å². The minimum atomic E-state index is -0.455. The standard InChI is InChI=1S/C24H27FN2O3/c25-19-7-5-18(6-8-19)23-21-4-2-1-3-17(21)9-12-27(23)24(28)22-10-11-26-13-14-29-15-20(26)16-30-22/h1-8,20,22-23H,9-16H2/t20-,22+,23-/m0/s1. The first-order chi connectivity index (χ1) is 14.7. The van der Waals surface area contributed by atoms with Crippen LogP contribution in [0.1, 0.15) is 29.2 Å². The molecule has 3 atom stereocenters. The van der Waals surface area contributed by atoms with Gasteiger partial charge in [-0.25, -0.2) is 4.39 Å². The van der Waals surface area contributed by atoms with Crippen molar-refractivity contribution in [3.8, 4) is 0 Å². The number of carbonyl (C=O) groups is 1. The molecule has 0 N–H and O–H groups in total. The predicted molar refractivity (Wildman–Crippen MR) is 111 cm³/mol. The Kier molecular flexibility index (Phi) is 5.54. The molecule has 0 aromatic heterocycles. The van der Waals surface area contributed by atoms with Gasteiger partial charge in [0.1, 0.15) is 11.9 Å². The summed E-state index contributed by atoms with van der Waals surface area (Å²) >= 11 is 0. The van der Waals surface area contributed by atoms with Crippen molar-refractivity contribution in [2.24, 2.45) is 0 Å². The topological polar surface area (TPSA) is 42.0 Å². The van der Waals surface area contributed by atoms with Crippen molar-refractivity contribution in [1.82, 2.24) is 9.80 Å². The second-order valence-electron chi connectivity index (χ2n) is 8.31. The molecule has 2 aromatic rings. The Morgan fingerprint density at radius 2 is 1.83 bits per heavy atom. The number of halogens is 1. The Bertz CT molecular complexity index is 888. The Morgan fingerprint density at radius 1 is 1.00 bits per heavy atom. The summed E-state index contributed by atoms with van der Waals surface area (Å²) in [6, 6.07) is 14.7. The summed E-state index contributed by atoms with van der Waals surface area (Å²) in [5.74, 6) is -0.244. The minimum absolute atomic E-state index is 0.0274. The summed E-state index contributed by atoms with van der Waals surface area (Å²) in [7, 11) is 0. The first kappa shape index (κ1) is 19.7. The first-order valence-corrected chi connectivity index (χ1v) is 10.8. The molecule has 3 heterocycles. The van der Waals surface area contributed by atoms with Crippen LogP contribution in [0.15, 0.2) is 48.5 Å². The van der Waals surface area contributed by atoms with Gasteiger partial charge in [0, 0.05) is 19.6 Å². The Morgan fingerprint density at radius 3 is 2.70 bits per heavy atom. The van der Waals surface area contributed by atoms with Crippen LogP contribution in [0.25, 0.3) is 0 Å². The fraction of sp³-hybridized carbons (Fsp3) is 0.458. The summed E-state index contributed by atoms with van der Waals surface area (Å²) in [5, 5.41) is 0. The normalized spacial score (nSPS) is 27.1. The van der Waals surface area contributed by atoms with Crippen molar-refractivity contribution in [3.05, 3.63) is 71.0 Å². The van der Waals surface area contributed by atoms with Gasteiger partial charge in [0.15, 0.2) is 0 Å². The number of hydrogen-bond acceptors (Lipinski definition) is 4. The van der Waals surface area contributed by atoms with Crippen molar-refractivity contribution < 1.29 is 18.7 Å². The summed E-state index contributed by atoms with van der Waals surface area (Å²) in [5.41, 5.74) is 3.28. The van der Waals surface area contributed by atoms with Crippen molar-refractivity contribution in [2.45, 2.75) is 31.0 Å². The molecule has 0 bridgehead atoms. The number of carbonyl (C=O) groups excluding carboxylic acids is 1. The van der Waals surface area contributed by atoms with Crippen LogP contribution in [0, 0.1) is 5.82 Å². The van der Waals surface area contributed by atoms with E-state index in [0.29, 0.717) is 26.2 Å². The van der Waals surface area contributed by atoms with Gasteiger partial charge in [-0.2, -0.15) is 0 Å². The number of nitrogens with zero attached hydrogens (tertiary/aromatic N) is 2. The maximum atomic E-state index is 13.6. The molecule has 30 heavy (non-hydrogen) atoms. The van der Waals surface area contributed by atoms with E-state index in [2.05, 4.69) is 17.0 Å². The van der Waals surface area contributed by atoms with Crippen LogP contribution < -0.4 is 0 Å². The Balaban J connectivity index is 1.43. The number of amides is 1. The largest absolute Gasteiger partial charge is 0.378 e. The number of rotatable bonds is 2. The number of ether oxygens (including phenoxy) is 2. The van der Waals surface area contributed by atoms with E-state index in [1.54, 1.807) is 12.1 Å². The van der Waals surface area contributed by atoms with Crippen molar-refractivity contribution >= 4 is 5.91 Å². The van der Waals surface area contributed by atoms with Crippen LogP contribution in [0.4, 0.5) is 4.39 Å². The third kappa shape index (κ3) is 3.75. The molecule has 158 valence electrons. The lowest BCUT2D eigenvalue weighted by molar-refractivity contribution is -0.146. The highest BCUT2D eigenvalue weighted by atomic mass is 19.1. The van der Waals surface area contributed by atoms with E-state index in [0.717, 1.165) is 37.2 Å². The molecule has 3 aliphatic heterocycles. The molecular weight excluding hydrogens is 383 g/mol. The lowest BCUT2D eigenvalue weighted by atomic mass is 9.87. The average Bonchev–Trinajstić information content (AvgIpc) is 3.01. The molecule has 2 saturated heterocycles. The van der Waals surface area contributed by atoms with Crippen LogP contribution in [-0.4, -0.2) is 67.3 Å². The van der Waals surface area contributed by atoms with Crippen LogP contribution in [-0.2, 0) is 20.7 Å². The average molecular weight is 410 g/mol.